The highest BCUT2D eigenvalue weighted by molar-refractivity contribution is 5.99. The Morgan fingerprint density at radius 1 is 0.967 bits per heavy atom. The molecule has 3 rings (SSSR count). The third-order valence-corrected chi connectivity index (χ3v) is 5.96. The zero-order valence-corrected chi connectivity index (χ0v) is 18.4. The van der Waals surface area contributed by atoms with Crippen LogP contribution in [0.2, 0.25) is 0 Å². The number of ether oxygens (including phenoxy) is 3. The molecule has 0 bridgehead atoms. The van der Waals surface area contributed by atoms with Crippen molar-refractivity contribution in [3.05, 3.63) is 41.5 Å². The molecule has 0 radical (unpaired) electrons. The average molecular weight is 414 g/mol. The van der Waals surface area contributed by atoms with Gasteiger partial charge in [-0.15, -0.1) is 0 Å². The van der Waals surface area contributed by atoms with Gasteiger partial charge in [0.1, 0.15) is 5.75 Å². The summed E-state index contributed by atoms with van der Waals surface area (Å²) < 4.78 is 16.2. The molecule has 30 heavy (non-hydrogen) atoms. The van der Waals surface area contributed by atoms with Crippen molar-refractivity contribution in [3.8, 4) is 23.0 Å². The molecule has 2 aromatic rings. The van der Waals surface area contributed by atoms with E-state index in [0.717, 1.165) is 36.9 Å². The summed E-state index contributed by atoms with van der Waals surface area (Å²) in [7, 11) is 8.43. The van der Waals surface area contributed by atoms with E-state index in [2.05, 4.69) is 0 Å². The maximum absolute atomic E-state index is 13.6. The smallest absolute Gasteiger partial charge is 0.203 e. The molecular formula is C24H31NO5. The lowest BCUT2D eigenvalue weighted by Gasteiger charge is -2.31. The molecule has 6 nitrogen and oxygen atoms in total. The van der Waals surface area contributed by atoms with E-state index >= 15 is 0 Å². The molecule has 0 spiro atoms. The molecule has 1 fully saturated rings. The fourth-order valence-electron chi connectivity index (χ4n) is 4.43. The second-order valence-corrected chi connectivity index (χ2v) is 7.92. The van der Waals surface area contributed by atoms with Gasteiger partial charge in [0.05, 0.1) is 27.0 Å². The highest BCUT2D eigenvalue weighted by atomic mass is 16.5. The van der Waals surface area contributed by atoms with E-state index in [-0.39, 0.29) is 23.4 Å². The van der Waals surface area contributed by atoms with Gasteiger partial charge in [-0.2, -0.15) is 0 Å². The summed E-state index contributed by atoms with van der Waals surface area (Å²) in [5, 5.41) is 10.5. The maximum atomic E-state index is 13.6. The number of phenolic OH excluding ortho intramolecular Hbond substituents is 1. The molecule has 0 heterocycles. The van der Waals surface area contributed by atoms with Gasteiger partial charge in [0.25, 0.3) is 0 Å². The number of hydrogen-bond acceptors (Lipinski definition) is 6. The van der Waals surface area contributed by atoms with E-state index in [9.17, 15) is 9.90 Å². The first kappa shape index (κ1) is 21.8. The van der Waals surface area contributed by atoms with Crippen molar-refractivity contribution >= 4 is 11.5 Å². The molecule has 1 saturated carbocycles. The SMILES string of the molecule is COc1cc(C(=O)C2CCCCC2c2ccc(N(C)C)c(O)c2)cc(OC)c1OC. The number of nitrogens with zero attached hydrogens (tertiary/aromatic N) is 1. The van der Waals surface area contributed by atoms with Gasteiger partial charge in [0.15, 0.2) is 17.3 Å². The fourth-order valence-corrected chi connectivity index (χ4v) is 4.43. The van der Waals surface area contributed by atoms with Crippen molar-refractivity contribution < 1.29 is 24.1 Å². The van der Waals surface area contributed by atoms with Gasteiger partial charge in [0, 0.05) is 25.6 Å². The number of anilines is 1. The van der Waals surface area contributed by atoms with Gasteiger partial charge in [-0.05, 0) is 48.6 Å². The van der Waals surface area contributed by atoms with Crippen LogP contribution in [-0.2, 0) is 0 Å². The van der Waals surface area contributed by atoms with Crippen molar-refractivity contribution in [2.45, 2.75) is 31.6 Å². The first-order chi connectivity index (χ1) is 14.4. The van der Waals surface area contributed by atoms with Gasteiger partial charge in [-0.1, -0.05) is 18.9 Å². The summed E-state index contributed by atoms with van der Waals surface area (Å²) in [4.78, 5) is 15.4. The zero-order chi connectivity index (χ0) is 21.8. The van der Waals surface area contributed by atoms with Crippen LogP contribution < -0.4 is 19.1 Å². The van der Waals surface area contributed by atoms with E-state index in [4.69, 9.17) is 14.2 Å². The highest BCUT2D eigenvalue weighted by Crippen LogP contribution is 2.44. The molecule has 6 heteroatoms. The summed E-state index contributed by atoms with van der Waals surface area (Å²) in [5.74, 6) is 1.62. The van der Waals surface area contributed by atoms with Crippen LogP contribution in [0.1, 0.15) is 47.5 Å². The first-order valence-corrected chi connectivity index (χ1v) is 10.3. The molecule has 1 N–H and O–H groups in total. The molecule has 0 saturated heterocycles. The quantitative estimate of drug-likeness (QED) is 0.667. The Balaban J connectivity index is 1.97. The van der Waals surface area contributed by atoms with Crippen LogP contribution in [0.25, 0.3) is 0 Å². The normalized spacial score (nSPS) is 18.6. The number of rotatable bonds is 7. The Kier molecular flexibility index (Phi) is 6.75. The number of aromatic hydroxyl groups is 1. The van der Waals surface area contributed by atoms with E-state index in [1.54, 1.807) is 39.5 Å². The van der Waals surface area contributed by atoms with Gasteiger partial charge >= 0.3 is 0 Å². The van der Waals surface area contributed by atoms with Gasteiger partial charge in [-0.3, -0.25) is 4.79 Å². The van der Waals surface area contributed by atoms with Crippen molar-refractivity contribution in [2.75, 3.05) is 40.3 Å². The number of carbonyl (C=O) groups excluding carboxylic acids is 1. The van der Waals surface area contributed by atoms with Crippen molar-refractivity contribution in [1.82, 2.24) is 0 Å². The molecular weight excluding hydrogens is 382 g/mol. The standard InChI is InChI=1S/C24H31NO5/c1-25(2)19-11-10-15(12-20(19)26)17-8-6-7-9-18(17)23(27)16-13-21(28-3)24(30-5)22(14-16)29-4/h10-14,17-18,26H,6-9H2,1-5H3. The number of phenols is 1. The third kappa shape index (κ3) is 4.18. The maximum Gasteiger partial charge on any atom is 0.203 e. The van der Waals surface area contributed by atoms with Crippen molar-refractivity contribution in [2.24, 2.45) is 5.92 Å². The Morgan fingerprint density at radius 3 is 2.13 bits per heavy atom. The van der Waals surface area contributed by atoms with Crippen LogP contribution in [0.5, 0.6) is 23.0 Å². The summed E-state index contributed by atoms with van der Waals surface area (Å²) in [6.45, 7) is 0. The Bertz CT molecular complexity index is 883. The van der Waals surface area contributed by atoms with E-state index < -0.39 is 0 Å². The summed E-state index contributed by atoms with van der Waals surface area (Å²) in [6, 6.07) is 9.20. The van der Waals surface area contributed by atoms with Crippen molar-refractivity contribution in [1.29, 1.82) is 0 Å². The minimum Gasteiger partial charge on any atom is -0.506 e. The van der Waals surface area contributed by atoms with Crippen LogP contribution in [0.3, 0.4) is 0 Å². The fraction of sp³-hybridized carbons (Fsp3) is 0.458. The summed E-state index contributed by atoms with van der Waals surface area (Å²) in [5.41, 5.74) is 2.32. The van der Waals surface area contributed by atoms with E-state index in [0.29, 0.717) is 22.8 Å². The number of carbonyl (C=O) groups is 1. The first-order valence-electron chi connectivity index (χ1n) is 10.3. The molecule has 2 aromatic carbocycles. The predicted molar refractivity (Wildman–Crippen MR) is 118 cm³/mol. The lowest BCUT2D eigenvalue weighted by atomic mass is 9.72. The lowest BCUT2D eigenvalue weighted by Crippen LogP contribution is -2.26. The second kappa shape index (κ2) is 9.28. The summed E-state index contributed by atoms with van der Waals surface area (Å²) >= 11 is 0. The molecule has 1 aliphatic rings. The number of benzene rings is 2. The van der Waals surface area contributed by atoms with Gasteiger partial charge in [-0.25, -0.2) is 0 Å². The van der Waals surface area contributed by atoms with E-state index in [1.165, 1.54) is 0 Å². The minimum atomic E-state index is -0.161. The monoisotopic (exact) mass is 413 g/mol. The lowest BCUT2D eigenvalue weighted by molar-refractivity contribution is 0.0867. The molecule has 0 amide bonds. The Morgan fingerprint density at radius 2 is 1.60 bits per heavy atom. The van der Waals surface area contributed by atoms with Crippen LogP contribution in [0.15, 0.2) is 30.3 Å². The molecule has 1 aliphatic carbocycles. The van der Waals surface area contributed by atoms with Gasteiger partial charge < -0.3 is 24.2 Å². The van der Waals surface area contributed by atoms with Crippen LogP contribution in [-0.4, -0.2) is 46.3 Å². The topological polar surface area (TPSA) is 68.2 Å². The molecule has 2 unspecified atom stereocenters. The number of hydrogen-bond donors (Lipinski definition) is 1. The van der Waals surface area contributed by atoms with Crippen LogP contribution in [0.4, 0.5) is 5.69 Å². The predicted octanol–water partition coefficient (Wildman–Crippen LogP) is 4.64. The van der Waals surface area contributed by atoms with E-state index in [1.807, 2.05) is 31.1 Å². The van der Waals surface area contributed by atoms with Gasteiger partial charge in [0.2, 0.25) is 5.75 Å². The van der Waals surface area contributed by atoms with Crippen LogP contribution in [0, 0.1) is 5.92 Å². The van der Waals surface area contributed by atoms with Crippen molar-refractivity contribution in [3.63, 3.8) is 0 Å². The minimum absolute atomic E-state index is 0.0625. The summed E-state index contributed by atoms with van der Waals surface area (Å²) in [6.07, 6.45) is 3.82. The number of methoxy groups -OCH3 is 3. The molecule has 0 aromatic heterocycles. The number of ketones is 1. The second-order valence-electron chi connectivity index (χ2n) is 7.92. The van der Waals surface area contributed by atoms with Crippen LogP contribution >= 0.6 is 0 Å². The largest absolute Gasteiger partial charge is 0.506 e. The molecule has 0 aliphatic heterocycles. The third-order valence-electron chi connectivity index (χ3n) is 5.96. The Hall–Kier alpha value is -2.89. The zero-order valence-electron chi connectivity index (χ0n) is 18.4. The number of Topliss-reactive ketones (excluding diaryl/α,β-unsaturated/α-hetero) is 1. The highest BCUT2D eigenvalue weighted by Gasteiger charge is 2.34. The Labute approximate surface area is 178 Å². The average Bonchev–Trinajstić information content (AvgIpc) is 2.77. The molecule has 2 atom stereocenters. The molecule has 162 valence electrons.